The molecule has 3 heterocycles. The molecule has 4 aromatic rings. The number of halogens is 1. The van der Waals surface area contributed by atoms with E-state index in [-0.39, 0.29) is 11.2 Å². The molecule has 142 valence electrons. The van der Waals surface area contributed by atoms with Crippen LogP contribution in [-0.4, -0.2) is 40.4 Å². The molecular weight excluding hydrogens is 384 g/mol. The number of carboxylic acids is 1. The Kier molecular flexibility index (Phi) is 4.31. The van der Waals surface area contributed by atoms with Crippen LogP contribution in [0.3, 0.4) is 0 Å². The summed E-state index contributed by atoms with van der Waals surface area (Å²) in [6.07, 6.45) is 1.83. The van der Waals surface area contributed by atoms with Gasteiger partial charge in [0.05, 0.1) is 11.3 Å². The van der Waals surface area contributed by atoms with Crippen LogP contribution in [0.15, 0.2) is 35.4 Å². The monoisotopic (exact) mass is 398 g/mol. The second kappa shape index (κ2) is 6.68. The van der Waals surface area contributed by atoms with E-state index in [0.717, 1.165) is 21.4 Å². The average molecular weight is 399 g/mol. The lowest BCUT2D eigenvalue weighted by molar-refractivity contribution is -0.140. The summed E-state index contributed by atoms with van der Waals surface area (Å²) in [6, 6.07) is 6.21. The van der Waals surface area contributed by atoms with E-state index in [0.29, 0.717) is 17.1 Å². The van der Waals surface area contributed by atoms with Gasteiger partial charge in [0, 0.05) is 5.02 Å². The summed E-state index contributed by atoms with van der Waals surface area (Å²) in [7, 11) is 0. The van der Waals surface area contributed by atoms with Gasteiger partial charge in [-0.3, -0.25) is 9.36 Å². The van der Waals surface area contributed by atoms with Crippen molar-refractivity contribution < 1.29 is 9.90 Å². The minimum Gasteiger partial charge on any atom is -0.480 e. The Bertz CT molecular complexity index is 1280. The minimum atomic E-state index is -1.14. The molecule has 0 fully saturated rings. The van der Waals surface area contributed by atoms with Crippen molar-refractivity contribution in [3.63, 3.8) is 0 Å². The van der Waals surface area contributed by atoms with Crippen LogP contribution >= 0.6 is 11.6 Å². The lowest BCUT2D eigenvalue weighted by Gasteiger charge is -2.10. The highest BCUT2D eigenvalue weighted by Gasteiger charge is 2.22. The molecule has 4 rings (SSSR count). The molecule has 1 aromatic carbocycles. The molecule has 0 saturated carbocycles. The molecule has 0 spiro atoms. The number of aryl methyl sites for hydroxylation is 1. The second-order valence-corrected chi connectivity index (χ2v) is 6.70. The van der Waals surface area contributed by atoms with Gasteiger partial charge >= 0.3 is 5.97 Å². The smallest absolute Gasteiger partial charge is 0.326 e. The van der Waals surface area contributed by atoms with Gasteiger partial charge in [0.15, 0.2) is 16.8 Å². The average Bonchev–Trinajstić information content (AvgIpc) is 3.07. The molecule has 9 nitrogen and oxygen atoms in total. The summed E-state index contributed by atoms with van der Waals surface area (Å²) < 4.78 is 2.48. The molecular formula is C18H15ClN6O3. The van der Waals surface area contributed by atoms with E-state index in [2.05, 4.69) is 20.3 Å². The summed E-state index contributed by atoms with van der Waals surface area (Å²) in [5, 5.41) is 22.6. The second-order valence-electron chi connectivity index (χ2n) is 6.26. The molecule has 1 unspecified atom stereocenters. The lowest BCUT2D eigenvalue weighted by Crippen LogP contribution is -2.29. The van der Waals surface area contributed by atoms with Crippen LogP contribution in [0.2, 0.25) is 5.02 Å². The molecule has 0 aliphatic heterocycles. The highest BCUT2D eigenvalue weighted by Crippen LogP contribution is 2.29. The number of fused-ring (bicyclic) bond motifs is 3. The fraction of sp³-hybridized carbons (Fsp3) is 0.222. The first kappa shape index (κ1) is 18.1. The molecule has 0 radical (unpaired) electrons. The third-order valence-electron chi connectivity index (χ3n) is 4.57. The summed E-state index contributed by atoms with van der Waals surface area (Å²) >= 11 is 5.99. The zero-order valence-electron chi connectivity index (χ0n) is 15.0. The van der Waals surface area contributed by atoms with Gasteiger partial charge in [0.2, 0.25) is 0 Å². The number of hydrogen-bond donors (Lipinski definition) is 1. The molecule has 0 aliphatic rings. The van der Waals surface area contributed by atoms with Gasteiger partial charge in [-0.1, -0.05) is 30.7 Å². The number of aliphatic carboxylic acids is 1. The quantitative estimate of drug-likeness (QED) is 0.561. The van der Waals surface area contributed by atoms with Crippen LogP contribution in [0.1, 0.15) is 25.6 Å². The van der Waals surface area contributed by atoms with Crippen LogP contribution in [0.4, 0.5) is 0 Å². The van der Waals surface area contributed by atoms with Crippen molar-refractivity contribution in [1.29, 1.82) is 0 Å². The molecule has 0 saturated heterocycles. The van der Waals surface area contributed by atoms with E-state index in [4.69, 9.17) is 11.6 Å². The zero-order chi connectivity index (χ0) is 20.0. The van der Waals surface area contributed by atoms with E-state index in [1.54, 1.807) is 12.1 Å². The highest BCUT2D eigenvalue weighted by molar-refractivity contribution is 6.30. The molecule has 1 atom stereocenters. The predicted octanol–water partition coefficient (Wildman–Crippen LogP) is 2.36. The van der Waals surface area contributed by atoms with Gasteiger partial charge in [-0.25, -0.2) is 9.78 Å². The van der Waals surface area contributed by atoms with E-state index < -0.39 is 17.6 Å². The van der Waals surface area contributed by atoms with Gasteiger partial charge in [-0.05, 0) is 31.0 Å². The standard InChI is InChI=1S/C18H15ClN6O3/c1-3-12-13(10-4-6-11(19)7-5-10)15-22-21-14-16(25(15)23-12)20-8-24(17(14)26)9(2)18(27)28/h4-9H,3H2,1-2H3,(H,27,28). The van der Waals surface area contributed by atoms with E-state index in [1.165, 1.54) is 17.8 Å². The van der Waals surface area contributed by atoms with Crippen LogP contribution in [0.5, 0.6) is 0 Å². The Morgan fingerprint density at radius 1 is 1.21 bits per heavy atom. The molecule has 1 N–H and O–H groups in total. The Morgan fingerprint density at radius 2 is 1.93 bits per heavy atom. The van der Waals surface area contributed by atoms with Crippen molar-refractivity contribution in [3.05, 3.63) is 51.7 Å². The fourth-order valence-electron chi connectivity index (χ4n) is 3.04. The van der Waals surface area contributed by atoms with Crippen LogP contribution in [0.25, 0.3) is 27.9 Å². The molecule has 0 amide bonds. The van der Waals surface area contributed by atoms with Crippen molar-refractivity contribution in [2.45, 2.75) is 26.3 Å². The maximum atomic E-state index is 12.7. The maximum Gasteiger partial charge on any atom is 0.326 e. The first-order chi connectivity index (χ1) is 13.4. The summed E-state index contributed by atoms with van der Waals surface area (Å²) in [6.45, 7) is 3.36. The first-order valence-corrected chi connectivity index (χ1v) is 8.94. The Labute approximate surface area is 163 Å². The Hall–Kier alpha value is -3.33. The summed E-state index contributed by atoms with van der Waals surface area (Å²) in [5.74, 6) is -1.14. The van der Waals surface area contributed by atoms with Gasteiger partial charge in [-0.15, -0.1) is 10.2 Å². The van der Waals surface area contributed by atoms with Crippen LogP contribution < -0.4 is 5.56 Å². The van der Waals surface area contributed by atoms with E-state index in [9.17, 15) is 14.7 Å². The van der Waals surface area contributed by atoms with Crippen molar-refractivity contribution >= 4 is 34.4 Å². The number of rotatable bonds is 4. The summed E-state index contributed by atoms with van der Waals surface area (Å²) in [4.78, 5) is 28.2. The van der Waals surface area contributed by atoms with Crippen molar-refractivity contribution in [2.75, 3.05) is 0 Å². The van der Waals surface area contributed by atoms with Crippen LogP contribution in [0, 0.1) is 0 Å². The number of aromatic nitrogens is 6. The zero-order valence-corrected chi connectivity index (χ0v) is 15.8. The number of carbonyl (C=O) groups is 1. The fourth-order valence-corrected chi connectivity index (χ4v) is 3.16. The molecule has 28 heavy (non-hydrogen) atoms. The minimum absolute atomic E-state index is 0.0455. The number of hydrogen-bond acceptors (Lipinski definition) is 6. The maximum absolute atomic E-state index is 12.7. The van der Waals surface area contributed by atoms with Gasteiger partial charge in [-0.2, -0.15) is 9.61 Å². The normalized spacial score (nSPS) is 12.5. The lowest BCUT2D eigenvalue weighted by atomic mass is 10.0. The van der Waals surface area contributed by atoms with Crippen molar-refractivity contribution in [2.24, 2.45) is 0 Å². The predicted molar refractivity (Wildman–Crippen MR) is 103 cm³/mol. The molecule has 3 aromatic heterocycles. The number of carboxylic acid groups (broad SMARTS) is 1. The third-order valence-corrected chi connectivity index (χ3v) is 4.83. The highest BCUT2D eigenvalue weighted by atomic mass is 35.5. The molecule has 0 aliphatic carbocycles. The third kappa shape index (κ3) is 2.71. The Morgan fingerprint density at radius 3 is 2.57 bits per heavy atom. The number of nitrogens with zero attached hydrogens (tertiary/aromatic N) is 6. The Balaban J connectivity index is 2.01. The summed E-state index contributed by atoms with van der Waals surface area (Å²) in [5.41, 5.74) is 2.48. The van der Waals surface area contributed by atoms with E-state index >= 15 is 0 Å². The van der Waals surface area contributed by atoms with Gasteiger partial charge < -0.3 is 5.11 Å². The van der Waals surface area contributed by atoms with Crippen LogP contribution in [-0.2, 0) is 11.2 Å². The topological polar surface area (TPSA) is 115 Å². The van der Waals surface area contributed by atoms with E-state index in [1.807, 2.05) is 19.1 Å². The SMILES string of the molecule is CCc1nn2c(nnc3c(=O)n(C(C)C(=O)O)cnc32)c1-c1ccc(Cl)cc1. The van der Waals surface area contributed by atoms with Gasteiger partial charge in [0.25, 0.3) is 5.56 Å². The first-order valence-electron chi connectivity index (χ1n) is 8.56. The van der Waals surface area contributed by atoms with Gasteiger partial charge in [0.1, 0.15) is 12.4 Å². The van der Waals surface area contributed by atoms with Crippen molar-refractivity contribution in [3.8, 4) is 11.1 Å². The number of benzene rings is 1. The molecule has 10 heteroatoms. The van der Waals surface area contributed by atoms with Crippen molar-refractivity contribution in [1.82, 2.24) is 29.4 Å². The molecule has 0 bridgehead atoms. The largest absolute Gasteiger partial charge is 0.480 e.